The number of nitrogens with one attached hydrogen (secondary N) is 1. The minimum Gasteiger partial charge on any atom is -0.404 e. The second-order valence-corrected chi connectivity index (χ2v) is 6.10. The molecule has 0 spiro atoms. The van der Waals surface area contributed by atoms with Crippen molar-refractivity contribution in [2.75, 3.05) is 31.5 Å². The predicted octanol–water partition coefficient (Wildman–Crippen LogP) is 3.43. The van der Waals surface area contributed by atoms with Crippen LogP contribution in [0.2, 0.25) is 0 Å². The SMILES string of the molecule is CCN1CCC(CCN=C(N)Nc2ccccc2OC(F)(F)F)CC1. The third kappa shape index (κ3) is 6.81. The fourth-order valence-corrected chi connectivity index (χ4v) is 2.92. The van der Waals surface area contributed by atoms with E-state index in [0.29, 0.717) is 12.5 Å². The van der Waals surface area contributed by atoms with Crippen LogP contribution >= 0.6 is 0 Å². The maximum Gasteiger partial charge on any atom is 0.573 e. The van der Waals surface area contributed by atoms with Crippen LogP contribution in [0.1, 0.15) is 26.2 Å². The number of likely N-dealkylation sites (tertiary alicyclic amines) is 1. The maximum atomic E-state index is 12.4. The number of benzene rings is 1. The number of hydrogen-bond donors (Lipinski definition) is 2. The van der Waals surface area contributed by atoms with Gasteiger partial charge < -0.3 is 20.7 Å². The lowest BCUT2D eigenvalue weighted by Crippen LogP contribution is -2.33. The van der Waals surface area contributed by atoms with Crippen LogP contribution in [0.5, 0.6) is 5.75 Å². The Labute approximate surface area is 146 Å². The molecule has 0 aromatic heterocycles. The highest BCUT2D eigenvalue weighted by atomic mass is 19.4. The summed E-state index contributed by atoms with van der Waals surface area (Å²) < 4.78 is 41.2. The highest BCUT2D eigenvalue weighted by Crippen LogP contribution is 2.29. The van der Waals surface area contributed by atoms with Crippen molar-refractivity contribution >= 4 is 11.6 Å². The Kier molecular flexibility index (Phi) is 6.92. The fourth-order valence-electron chi connectivity index (χ4n) is 2.92. The summed E-state index contributed by atoms with van der Waals surface area (Å²) in [6, 6.07) is 5.75. The van der Waals surface area contributed by atoms with Crippen LogP contribution in [0.4, 0.5) is 18.9 Å². The van der Waals surface area contributed by atoms with Crippen LogP contribution in [0.15, 0.2) is 29.3 Å². The van der Waals surface area contributed by atoms with Gasteiger partial charge >= 0.3 is 6.36 Å². The topological polar surface area (TPSA) is 62.9 Å². The van der Waals surface area contributed by atoms with Gasteiger partial charge in [0.25, 0.3) is 0 Å². The van der Waals surface area contributed by atoms with Gasteiger partial charge in [0.15, 0.2) is 11.7 Å². The average Bonchev–Trinajstić information content (AvgIpc) is 2.56. The molecule has 5 nitrogen and oxygen atoms in total. The van der Waals surface area contributed by atoms with E-state index in [-0.39, 0.29) is 17.4 Å². The average molecular weight is 358 g/mol. The lowest BCUT2D eigenvalue weighted by molar-refractivity contribution is -0.274. The Morgan fingerprint density at radius 1 is 1.32 bits per heavy atom. The first-order valence-electron chi connectivity index (χ1n) is 8.51. The third-order valence-corrected chi connectivity index (χ3v) is 4.35. The van der Waals surface area contributed by atoms with Crippen molar-refractivity contribution in [1.82, 2.24) is 4.90 Å². The molecule has 0 aliphatic carbocycles. The Bertz CT molecular complexity index is 569. The maximum absolute atomic E-state index is 12.4. The zero-order chi connectivity index (χ0) is 18.3. The molecule has 2 rings (SSSR count). The molecule has 1 aromatic carbocycles. The van der Waals surface area contributed by atoms with Crippen LogP contribution in [0.3, 0.4) is 0 Å². The van der Waals surface area contributed by atoms with Gasteiger partial charge in [-0.2, -0.15) is 0 Å². The van der Waals surface area contributed by atoms with Gasteiger partial charge in [-0.15, -0.1) is 13.2 Å². The minimum atomic E-state index is -4.75. The quantitative estimate of drug-likeness (QED) is 0.604. The summed E-state index contributed by atoms with van der Waals surface area (Å²) in [5, 5.41) is 2.68. The zero-order valence-electron chi connectivity index (χ0n) is 14.4. The molecule has 140 valence electrons. The predicted molar refractivity (Wildman–Crippen MR) is 92.7 cm³/mol. The molecule has 1 saturated heterocycles. The molecule has 1 fully saturated rings. The number of halogens is 3. The molecule has 1 heterocycles. The molecule has 1 aromatic rings. The molecule has 0 radical (unpaired) electrons. The Morgan fingerprint density at radius 3 is 2.64 bits per heavy atom. The van der Waals surface area contributed by atoms with Crippen molar-refractivity contribution in [2.24, 2.45) is 16.6 Å². The molecule has 25 heavy (non-hydrogen) atoms. The van der Waals surface area contributed by atoms with E-state index in [9.17, 15) is 13.2 Å². The molecule has 8 heteroatoms. The zero-order valence-corrected chi connectivity index (χ0v) is 14.4. The van der Waals surface area contributed by atoms with E-state index in [4.69, 9.17) is 5.73 Å². The van der Waals surface area contributed by atoms with Gasteiger partial charge in [0.2, 0.25) is 0 Å². The Balaban J connectivity index is 1.83. The van der Waals surface area contributed by atoms with E-state index >= 15 is 0 Å². The van der Waals surface area contributed by atoms with Gasteiger partial charge in [0, 0.05) is 6.54 Å². The van der Waals surface area contributed by atoms with Crippen LogP contribution in [-0.4, -0.2) is 43.4 Å². The first-order chi connectivity index (χ1) is 11.9. The first kappa shape index (κ1) is 19.4. The van der Waals surface area contributed by atoms with Crippen LogP contribution in [-0.2, 0) is 0 Å². The van der Waals surface area contributed by atoms with Gasteiger partial charge in [-0.05, 0) is 56.9 Å². The smallest absolute Gasteiger partial charge is 0.404 e. The van der Waals surface area contributed by atoms with E-state index in [1.165, 1.54) is 18.2 Å². The number of anilines is 1. The van der Waals surface area contributed by atoms with Crippen molar-refractivity contribution in [1.29, 1.82) is 0 Å². The number of alkyl halides is 3. The summed E-state index contributed by atoms with van der Waals surface area (Å²) in [4.78, 5) is 6.65. The number of rotatable bonds is 6. The van der Waals surface area contributed by atoms with Crippen LogP contribution in [0.25, 0.3) is 0 Å². The lowest BCUT2D eigenvalue weighted by atomic mass is 9.94. The molecule has 1 aliphatic heterocycles. The largest absolute Gasteiger partial charge is 0.573 e. The summed E-state index contributed by atoms with van der Waals surface area (Å²) in [5.41, 5.74) is 5.93. The highest BCUT2D eigenvalue weighted by Gasteiger charge is 2.32. The van der Waals surface area contributed by atoms with Crippen molar-refractivity contribution < 1.29 is 17.9 Å². The van der Waals surface area contributed by atoms with E-state index in [1.54, 1.807) is 6.07 Å². The van der Waals surface area contributed by atoms with Gasteiger partial charge in [0.1, 0.15) is 0 Å². The van der Waals surface area contributed by atoms with E-state index in [2.05, 4.69) is 26.9 Å². The lowest BCUT2D eigenvalue weighted by Gasteiger charge is -2.30. The summed E-state index contributed by atoms with van der Waals surface area (Å²) in [5.74, 6) is 0.379. The number of nitrogens with two attached hydrogens (primary N) is 1. The Morgan fingerprint density at radius 2 is 2.00 bits per heavy atom. The number of hydrogen-bond acceptors (Lipinski definition) is 3. The fraction of sp³-hybridized carbons (Fsp3) is 0.588. The van der Waals surface area contributed by atoms with E-state index in [0.717, 1.165) is 38.9 Å². The monoisotopic (exact) mass is 358 g/mol. The second-order valence-electron chi connectivity index (χ2n) is 6.10. The van der Waals surface area contributed by atoms with Gasteiger partial charge in [0.05, 0.1) is 5.69 Å². The Hall–Kier alpha value is -1.96. The summed E-state index contributed by atoms with van der Waals surface area (Å²) >= 11 is 0. The van der Waals surface area contributed by atoms with Crippen molar-refractivity contribution in [2.45, 2.75) is 32.5 Å². The molecule has 0 amide bonds. The van der Waals surface area contributed by atoms with Crippen LogP contribution in [0, 0.1) is 5.92 Å². The molecule has 0 saturated carbocycles. The summed E-state index contributed by atoms with van der Waals surface area (Å²) in [6.07, 6.45) is -1.52. The first-order valence-corrected chi connectivity index (χ1v) is 8.51. The number of nitrogens with zero attached hydrogens (tertiary/aromatic N) is 2. The van der Waals surface area contributed by atoms with Crippen molar-refractivity contribution in [3.05, 3.63) is 24.3 Å². The number of aliphatic imine (C=N–C) groups is 1. The standard InChI is InChI=1S/C17H25F3N4O/c1-2-24-11-8-13(9-12-24)7-10-22-16(21)23-14-5-3-4-6-15(14)25-17(18,19)20/h3-6,13H,2,7-12H2,1H3,(H3,21,22,23). The minimum absolute atomic E-state index is 0.0872. The highest BCUT2D eigenvalue weighted by molar-refractivity contribution is 5.93. The van der Waals surface area contributed by atoms with Crippen molar-refractivity contribution in [3.8, 4) is 5.75 Å². The summed E-state index contributed by atoms with van der Waals surface area (Å²) in [6.45, 7) is 6.03. The van der Waals surface area contributed by atoms with Gasteiger partial charge in [-0.1, -0.05) is 19.1 Å². The van der Waals surface area contributed by atoms with Gasteiger partial charge in [-0.3, -0.25) is 4.99 Å². The van der Waals surface area contributed by atoms with Crippen molar-refractivity contribution in [3.63, 3.8) is 0 Å². The van der Waals surface area contributed by atoms with E-state index < -0.39 is 6.36 Å². The molecule has 0 bridgehead atoms. The number of para-hydroxylation sites is 2. The van der Waals surface area contributed by atoms with Crippen LogP contribution < -0.4 is 15.8 Å². The molecule has 1 aliphatic rings. The summed E-state index contributed by atoms with van der Waals surface area (Å²) in [7, 11) is 0. The second kappa shape index (κ2) is 8.94. The number of ether oxygens (including phenoxy) is 1. The number of piperidine rings is 1. The molecular weight excluding hydrogens is 333 g/mol. The molecule has 3 N–H and O–H groups in total. The third-order valence-electron chi connectivity index (χ3n) is 4.35. The van der Waals surface area contributed by atoms with Gasteiger partial charge in [-0.25, -0.2) is 0 Å². The normalized spacial score (nSPS) is 17.5. The van der Waals surface area contributed by atoms with E-state index in [1.807, 2.05) is 0 Å². The molecular formula is C17H25F3N4O. The molecule has 0 unspecified atom stereocenters. The molecule has 0 atom stereocenters. The number of guanidine groups is 1.